The molecule has 0 bridgehead atoms. The maximum atomic E-state index is 10.5. The van der Waals surface area contributed by atoms with Crippen molar-refractivity contribution in [2.45, 2.75) is 0 Å². The van der Waals surface area contributed by atoms with Gasteiger partial charge in [-0.15, -0.1) is 0 Å². The predicted octanol–water partition coefficient (Wildman–Crippen LogP) is 2.05. The van der Waals surface area contributed by atoms with Gasteiger partial charge in [0, 0.05) is 17.8 Å². The first-order valence-electron chi connectivity index (χ1n) is 3.67. The fourth-order valence-corrected chi connectivity index (χ4v) is 1.68. The van der Waals surface area contributed by atoms with E-state index in [1.54, 1.807) is 18.5 Å². The minimum atomic E-state index is 0.455. The highest BCUT2D eigenvalue weighted by atomic mass is 127. The van der Waals surface area contributed by atoms with E-state index in [9.17, 15) is 4.79 Å². The lowest BCUT2D eigenvalue weighted by Gasteiger charge is -1.98. The topological polar surface area (TPSA) is 42.9 Å². The maximum Gasteiger partial charge on any atom is 0.168 e. The van der Waals surface area contributed by atoms with Gasteiger partial charge in [0.2, 0.25) is 0 Å². The van der Waals surface area contributed by atoms with Crippen LogP contribution in [0.2, 0.25) is 0 Å². The standard InChI is InChI=1S/C9H5IN2O/c10-8-4-11-3-6-1-2-7(5-13)12-9(6)8/h1-5H. The molecule has 3 nitrogen and oxygen atoms in total. The van der Waals surface area contributed by atoms with Crippen LogP contribution < -0.4 is 0 Å². The Kier molecular flexibility index (Phi) is 2.22. The highest BCUT2D eigenvalue weighted by molar-refractivity contribution is 14.1. The van der Waals surface area contributed by atoms with Gasteiger partial charge in [-0.1, -0.05) is 0 Å². The number of hydrogen-bond donors (Lipinski definition) is 0. The molecule has 2 aromatic rings. The van der Waals surface area contributed by atoms with Crippen LogP contribution in [0.25, 0.3) is 10.9 Å². The first-order valence-corrected chi connectivity index (χ1v) is 4.74. The molecule has 0 unspecified atom stereocenters. The molecule has 2 rings (SSSR count). The van der Waals surface area contributed by atoms with Crippen LogP contribution in [0, 0.1) is 3.57 Å². The molecule has 0 aromatic carbocycles. The molecule has 4 heteroatoms. The molecule has 2 aromatic heterocycles. The molecule has 0 atom stereocenters. The average Bonchev–Trinajstić information content (AvgIpc) is 2.18. The number of pyridine rings is 2. The van der Waals surface area contributed by atoms with Crippen molar-refractivity contribution in [3.63, 3.8) is 0 Å². The lowest BCUT2D eigenvalue weighted by atomic mass is 10.2. The van der Waals surface area contributed by atoms with Gasteiger partial charge in [0.15, 0.2) is 6.29 Å². The third-order valence-electron chi connectivity index (χ3n) is 1.70. The minimum Gasteiger partial charge on any atom is -0.296 e. The summed E-state index contributed by atoms with van der Waals surface area (Å²) in [5.41, 5.74) is 1.29. The second kappa shape index (κ2) is 3.37. The van der Waals surface area contributed by atoms with Gasteiger partial charge >= 0.3 is 0 Å². The molecule has 0 fully saturated rings. The lowest BCUT2D eigenvalue weighted by molar-refractivity contribution is 0.111. The quantitative estimate of drug-likeness (QED) is 0.594. The number of aromatic nitrogens is 2. The van der Waals surface area contributed by atoms with Crippen LogP contribution >= 0.6 is 22.6 Å². The molecule has 2 heterocycles. The third-order valence-corrected chi connectivity index (χ3v) is 2.49. The number of fused-ring (bicyclic) bond motifs is 1. The summed E-state index contributed by atoms with van der Waals surface area (Å²) in [6.07, 6.45) is 4.21. The molecular weight excluding hydrogens is 279 g/mol. The number of carbonyl (C=O) groups is 1. The van der Waals surface area contributed by atoms with E-state index in [0.717, 1.165) is 20.8 Å². The molecule has 0 saturated carbocycles. The van der Waals surface area contributed by atoms with E-state index in [2.05, 4.69) is 32.6 Å². The average molecular weight is 284 g/mol. The van der Waals surface area contributed by atoms with Crippen molar-refractivity contribution in [1.29, 1.82) is 0 Å². The Hall–Kier alpha value is -1.04. The van der Waals surface area contributed by atoms with Crippen molar-refractivity contribution in [3.8, 4) is 0 Å². The number of nitrogens with zero attached hydrogens (tertiary/aromatic N) is 2. The van der Waals surface area contributed by atoms with Crippen LogP contribution in [0.5, 0.6) is 0 Å². The van der Waals surface area contributed by atoms with Crippen LogP contribution in [0.3, 0.4) is 0 Å². The fourth-order valence-electron chi connectivity index (χ4n) is 1.09. The zero-order chi connectivity index (χ0) is 9.26. The molecule has 0 aliphatic heterocycles. The zero-order valence-corrected chi connectivity index (χ0v) is 8.72. The molecule has 0 aliphatic carbocycles. The Bertz CT molecular complexity index is 470. The van der Waals surface area contributed by atoms with Gasteiger partial charge in [-0.2, -0.15) is 0 Å². The lowest BCUT2D eigenvalue weighted by Crippen LogP contribution is -1.90. The van der Waals surface area contributed by atoms with Gasteiger partial charge in [0.05, 0.1) is 9.09 Å². The summed E-state index contributed by atoms with van der Waals surface area (Å²) in [5, 5.41) is 0.956. The maximum absolute atomic E-state index is 10.5. The summed E-state index contributed by atoms with van der Waals surface area (Å²) in [4.78, 5) is 18.7. The summed E-state index contributed by atoms with van der Waals surface area (Å²) in [7, 11) is 0. The van der Waals surface area contributed by atoms with Crippen LogP contribution in [-0.2, 0) is 0 Å². The Labute approximate surface area is 88.3 Å². The summed E-state index contributed by atoms with van der Waals surface area (Å²) >= 11 is 2.15. The van der Waals surface area contributed by atoms with Crippen LogP contribution in [0.1, 0.15) is 10.5 Å². The number of halogens is 1. The highest BCUT2D eigenvalue weighted by Crippen LogP contribution is 2.16. The number of rotatable bonds is 1. The smallest absolute Gasteiger partial charge is 0.168 e. The SMILES string of the molecule is O=Cc1ccc2cncc(I)c2n1. The minimum absolute atomic E-state index is 0.455. The van der Waals surface area contributed by atoms with Gasteiger partial charge in [-0.25, -0.2) is 4.98 Å². The van der Waals surface area contributed by atoms with Gasteiger partial charge in [0.25, 0.3) is 0 Å². The third kappa shape index (κ3) is 1.53. The summed E-state index contributed by atoms with van der Waals surface area (Å²) in [5.74, 6) is 0. The van der Waals surface area contributed by atoms with Crippen LogP contribution in [0.4, 0.5) is 0 Å². The fraction of sp³-hybridized carbons (Fsp3) is 0. The molecule has 13 heavy (non-hydrogen) atoms. The molecule has 0 spiro atoms. The van der Waals surface area contributed by atoms with Crippen molar-refractivity contribution in [3.05, 3.63) is 33.8 Å². The number of hydrogen-bond acceptors (Lipinski definition) is 3. The highest BCUT2D eigenvalue weighted by Gasteiger charge is 2.00. The summed E-state index contributed by atoms with van der Waals surface area (Å²) in [6, 6.07) is 3.54. The Morgan fingerprint density at radius 2 is 2.15 bits per heavy atom. The summed E-state index contributed by atoms with van der Waals surface area (Å²) in [6.45, 7) is 0. The van der Waals surface area contributed by atoms with E-state index in [1.165, 1.54) is 0 Å². The predicted molar refractivity (Wildman–Crippen MR) is 57.6 cm³/mol. The van der Waals surface area contributed by atoms with Gasteiger partial charge < -0.3 is 0 Å². The second-order valence-electron chi connectivity index (χ2n) is 2.55. The van der Waals surface area contributed by atoms with E-state index < -0.39 is 0 Å². The molecule has 0 saturated heterocycles. The Morgan fingerprint density at radius 1 is 1.31 bits per heavy atom. The second-order valence-corrected chi connectivity index (χ2v) is 3.71. The molecule has 0 radical (unpaired) electrons. The van der Waals surface area contributed by atoms with Gasteiger partial charge in [-0.3, -0.25) is 9.78 Å². The van der Waals surface area contributed by atoms with Crippen molar-refractivity contribution >= 4 is 39.8 Å². The molecule has 0 aliphatic rings. The molecule has 0 amide bonds. The van der Waals surface area contributed by atoms with Crippen molar-refractivity contribution in [2.75, 3.05) is 0 Å². The number of aldehydes is 1. The molecule has 64 valence electrons. The zero-order valence-electron chi connectivity index (χ0n) is 6.57. The van der Waals surface area contributed by atoms with E-state index in [1.807, 2.05) is 6.07 Å². The monoisotopic (exact) mass is 284 g/mol. The summed E-state index contributed by atoms with van der Waals surface area (Å²) < 4.78 is 0.957. The Morgan fingerprint density at radius 3 is 2.92 bits per heavy atom. The first-order chi connectivity index (χ1) is 6.31. The van der Waals surface area contributed by atoms with Crippen LogP contribution in [0.15, 0.2) is 24.5 Å². The largest absolute Gasteiger partial charge is 0.296 e. The Balaban J connectivity index is 2.81. The first kappa shape index (κ1) is 8.55. The number of carbonyl (C=O) groups excluding carboxylic acids is 1. The van der Waals surface area contributed by atoms with Crippen molar-refractivity contribution in [2.24, 2.45) is 0 Å². The van der Waals surface area contributed by atoms with Gasteiger partial charge in [0.1, 0.15) is 5.69 Å². The van der Waals surface area contributed by atoms with Crippen molar-refractivity contribution < 1.29 is 4.79 Å². The van der Waals surface area contributed by atoms with E-state index in [-0.39, 0.29) is 0 Å². The van der Waals surface area contributed by atoms with Gasteiger partial charge in [-0.05, 0) is 34.7 Å². The van der Waals surface area contributed by atoms with E-state index in [0.29, 0.717) is 5.69 Å². The normalized spacial score (nSPS) is 10.2. The van der Waals surface area contributed by atoms with Crippen molar-refractivity contribution in [1.82, 2.24) is 9.97 Å². The van der Waals surface area contributed by atoms with E-state index >= 15 is 0 Å². The van der Waals surface area contributed by atoms with Crippen LogP contribution in [-0.4, -0.2) is 16.3 Å². The molecular formula is C9H5IN2O. The van der Waals surface area contributed by atoms with E-state index in [4.69, 9.17) is 0 Å². The molecule has 0 N–H and O–H groups in total.